The van der Waals surface area contributed by atoms with Crippen LogP contribution in [0.2, 0.25) is 0 Å². The molecule has 0 amide bonds. The summed E-state index contributed by atoms with van der Waals surface area (Å²) in [5.74, 6) is 1.72. The standard InChI is InChI=1S/C17H25N5O/c1-20(2)17-19-12-14(21(17)3)13-22-10-7-15(8-11-22)23-16-6-4-5-9-18-16/h4-6,9,12,15H,7-8,10-11,13H2,1-3H3. The third kappa shape index (κ3) is 3.82. The van der Waals surface area contributed by atoms with E-state index in [1.165, 1.54) is 5.69 Å². The molecule has 0 atom stereocenters. The number of pyridine rings is 1. The van der Waals surface area contributed by atoms with Crippen LogP contribution in [0, 0.1) is 0 Å². The van der Waals surface area contributed by atoms with Gasteiger partial charge in [-0.2, -0.15) is 0 Å². The minimum atomic E-state index is 0.269. The van der Waals surface area contributed by atoms with Gasteiger partial charge in [0.15, 0.2) is 0 Å². The van der Waals surface area contributed by atoms with Gasteiger partial charge >= 0.3 is 0 Å². The fraction of sp³-hybridized carbons (Fsp3) is 0.529. The van der Waals surface area contributed by atoms with E-state index < -0.39 is 0 Å². The monoisotopic (exact) mass is 315 g/mol. The number of hydrogen-bond acceptors (Lipinski definition) is 5. The summed E-state index contributed by atoms with van der Waals surface area (Å²) in [6.45, 7) is 3.02. The Labute approximate surface area is 137 Å². The SMILES string of the molecule is CN(C)c1ncc(CN2CCC(Oc3ccccn3)CC2)n1C. The van der Waals surface area contributed by atoms with Crippen molar-refractivity contribution in [2.45, 2.75) is 25.5 Å². The third-order valence-electron chi connectivity index (χ3n) is 4.31. The Bertz CT molecular complexity index is 617. The molecule has 0 spiro atoms. The van der Waals surface area contributed by atoms with Crippen LogP contribution in [-0.2, 0) is 13.6 Å². The van der Waals surface area contributed by atoms with E-state index in [0.717, 1.165) is 44.3 Å². The predicted molar refractivity (Wildman–Crippen MR) is 90.7 cm³/mol. The first kappa shape index (κ1) is 15.8. The first-order valence-corrected chi connectivity index (χ1v) is 8.11. The van der Waals surface area contributed by atoms with E-state index in [-0.39, 0.29) is 6.10 Å². The molecule has 1 aliphatic rings. The van der Waals surface area contributed by atoms with Gasteiger partial charge in [0.25, 0.3) is 0 Å². The van der Waals surface area contributed by atoms with Crippen molar-refractivity contribution in [3.8, 4) is 5.88 Å². The molecule has 0 aliphatic carbocycles. The van der Waals surface area contributed by atoms with E-state index in [0.29, 0.717) is 0 Å². The quantitative estimate of drug-likeness (QED) is 0.843. The summed E-state index contributed by atoms with van der Waals surface area (Å²) >= 11 is 0. The summed E-state index contributed by atoms with van der Waals surface area (Å²) < 4.78 is 8.11. The molecule has 3 heterocycles. The number of piperidine rings is 1. The lowest BCUT2D eigenvalue weighted by molar-refractivity contribution is 0.0921. The molecule has 0 N–H and O–H groups in total. The second-order valence-corrected chi connectivity index (χ2v) is 6.26. The molecule has 124 valence electrons. The maximum Gasteiger partial charge on any atom is 0.213 e. The highest BCUT2D eigenvalue weighted by Gasteiger charge is 2.22. The van der Waals surface area contributed by atoms with Gasteiger partial charge < -0.3 is 14.2 Å². The average molecular weight is 315 g/mol. The lowest BCUT2D eigenvalue weighted by atomic mass is 10.1. The zero-order chi connectivity index (χ0) is 16.2. The van der Waals surface area contributed by atoms with Crippen LogP contribution >= 0.6 is 0 Å². The molecule has 2 aromatic heterocycles. The van der Waals surface area contributed by atoms with Crippen molar-refractivity contribution in [1.29, 1.82) is 0 Å². The van der Waals surface area contributed by atoms with Crippen LogP contribution in [0.4, 0.5) is 5.95 Å². The highest BCUT2D eigenvalue weighted by Crippen LogP contribution is 2.19. The molecular weight excluding hydrogens is 290 g/mol. The Balaban J connectivity index is 1.51. The summed E-state index contributed by atoms with van der Waals surface area (Å²) in [7, 11) is 6.12. The molecule has 0 saturated carbocycles. The van der Waals surface area contributed by atoms with Gasteiger partial charge in [0.1, 0.15) is 6.10 Å². The van der Waals surface area contributed by atoms with E-state index in [1.54, 1.807) is 6.20 Å². The largest absolute Gasteiger partial charge is 0.474 e. The summed E-state index contributed by atoms with van der Waals surface area (Å²) in [6, 6.07) is 5.79. The molecule has 6 nitrogen and oxygen atoms in total. The van der Waals surface area contributed by atoms with Crippen LogP contribution in [0.5, 0.6) is 5.88 Å². The van der Waals surface area contributed by atoms with Crippen LogP contribution in [0.3, 0.4) is 0 Å². The van der Waals surface area contributed by atoms with E-state index in [2.05, 4.69) is 26.5 Å². The van der Waals surface area contributed by atoms with Gasteiger partial charge in [0.05, 0.1) is 11.9 Å². The Morgan fingerprint density at radius 2 is 2.00 bits per heavy atom. The van der Waals surface area contributed by atoms with E-state index in [1.807, 2.05) is 43.4 Å². The summed E-state index contributed by atoms with van der Waals surface area (Å²) in [6.07, 6.45) is 6.09. The number of likely N-dealkylation sites (tertiary alicyclic amines) is 1. The van der Waals surface area contributed by atoms with Gasteiger partial charge in [-0.25, -0.2) is 9.97 Å². The topological polar surface area (TPSA) is 46.4 Å². The second kappa shape index (κ2) is 7.00. The van der Waals surface area contributed by atoms with Crippen molar-refractivity contribution < 1.29 is 4.74 Å². The molecule has 0 bridgehead atoms. The molecule has 0 aromatic carbocycles. The average Bonchev–Trinajstić information content (AvgIpc) is 2.91. The van der Waals surface area contributed by atoms with Crippen LogP contribution in [-0.4, -0.2) is 52.7 Å². The van der Waals surface area contributed by atoms with Crippen molar-refractivity contribution in [1.82, 2.24) is 19.4 Å². The number of ether oxygens (including phenoxy) is 1. The Morgan fingerprint density at radius 3 is 2.61 bits per heavy atom. The highest BCUT2D eigenvalue weighted by atomic mass is 16.5. The maximum atomic E-state index is 5.95. The first-order chi connectivity index (χ1) is 11.1. The van der Waals surface area contributed by atoms with Gasteiger partial charge in [-0.3, -0.25) is 4.90 Å². The molecule has 0 unspecified atom stereocenters. The fourth-order valence-corrected chi connectivity index (χ4v) is 3.00. The number of imidazole rings is 1. The molecule has 0 radical (unpaired) electrons. The van der Waals surface area contributed by atoms with Gasteiger partial charge in [0, 0.05) is 53.0 Å². The number of anilines is 1. The van der Waals surface area contributed by atoms with Crippen molar-refractivity contribution in [2.24, 2.45) is 7.05 Å². The molecule has 1 aliphatic heterocycles. The lowest BCUT2D eigenvalue weighted by Crippen LogP contribution is -2.38. The van der Waals surface area contributed by atoms with Gasteiger partial charge in [-0.1, -0.05) is 6.07 Å². The normalized spacial score (nSPS) is 16.5. The van der Waals surface area contributed by atoms with Gasteiger partial charge in [-0.05, 0) is 18.9 Å². The molecular formula is C17H25N5O. The number of rotatable bonds is 5. The Kier molecular flexibility index (Phi) is 4.81. The minimum absolute atomic E-state index is 0.269. The summed E-state index contributed by atoms with van der Waals surface area (Å²) in [5.41, 5.74) is 1.25. The number of aromatic nitrogens is 3. The van der Waals surface area contributed by atoms with Crippen molar-refractivity contribution in [2.75, 3.05) is 32.1 Å². The Morgan fingerprint density at radius 1 is 1.22 bits per heavy atom. The number of nitrogens with zero attached hydrogens (tertiary/aromatic N) is 5. The van der Waals surface area contributed by atoms with Gasteiger partial charge in [0.2, 0.25) is 11.8 Å². The zero-order valence-electron chi connectivity index (χ0n) is 14.1. The molecule has 23 heavy (non-hydrogen) atoms. The van der Waals surface area contributed by atoms with E-state index in [9.17, 15) is 0 Å². The zero-order valence-corrected chi connectivity index (χ0v) is 14.1. The van der Waals surface area contributed by atoms with Gasteiger partial charge in [-0.15, -0.1) is 0 Å². The molecule has 3 rings (SSSR count). The van der Waals surface area contributed by atoms with Crippen LogP contribution in [0.25, 0.3) is 0 Å². The Hall–Kier alpha value is -2.08. The number of hydrogen-bond donors (Lipinski definition) is 0. The van der Waals surface area contributed by atoms with Crippen LogP contribution in [0.15, 0.2) is 30.6 Å². The summed E-state index contributed by atoms with van der Waals surface area (Å²) in [5, 5.41) is 0. The fourth-order valence-electron chi connectivity index (χ4n) is 3.00. The van der Waals surface area contributed by atoms with Crippen molar-refractivity contribution in [3.05, 3.63) is 36.3 Å². The lowest BCUT2D eigenvalue weighted by Gasteiger charge is -2.31. The third-order valence-corrected chi connectivity index (χ3v) is 4.31. The highest BCUT2D eigenvalue weighted by molar-refractivity contribution is 5.30. The smallest absolute Gasteiger partial charge is 0.213 e. The molecule has 6 heteroatoms. The molecule has 1 saturated heterocycles. The van der Waals surface area contributed by atoms with E-state index in [4.69, 9.17) is 4.74 Å². The first-order valence-electron chi connectivity index (χ1n) is 8.11. The van der Waals surface area contributed by atoms with E-state index >= 15 is 0 Å². The summed E-state index contributed by atoms with van der Waals surface area (Å²) in [4.78, 5) is 13.2. The van der Waals surface area contributed by atoms with Crippen molar-refractivity contribution in [3.63, 3.8) is 0 Å². The maximum absolute atomic E-state index is 5.95. The van der Waals surface area contributed by atoms with Crippen LogP contribution in [0.1, 0.15) is 18.5 Å². The van der Waals surface area contributed by atoms with Crippen molar-refractivity contribution >= 4 is 5.95 Å². The van der Waals surface area contributed by atoms with Crippen LogP contribution < -0.4 is 9.64 Å². The molecule has 1 fully saturated rings. The second-order valence-electron chi connectivity index (χ2n) is 6.26. The molecule has 2 aromatic rings. The predicted octanol–water partition coefficient (Wildman–Crippen LogP) is 1.92. The minimum Gasteiger partial charge on any atom is -0.474 e.